The van der Waals surface area contributed by atoms with E-state index < -0.39 is 34.8 Å². The van der Waals surface area contributed by atoms with Crippen molar-refractivity contribution in [2.75, 3.05) is 13.1 Å². The molecule has 3 aromatic rings. The predicted molar refractivity (Wildman–Crippen MR) is 159 cm³/mol. The van der Waals surface area contributed by atoms with E-state index in [1.807, 2.05) is 0 Å². The first-order valence-electron chi connectivity index (χ1n) is 14.7. The van der Waals surface area contributed by atoms with Gasteiger partial charge in [-0.3, -0.25) is 14.5 Å². The number of nitrogens with one attached hydrogen (secondary N) is 1. The number of piperidine rings is 1. The summed E-state index contributed by atoms with van der Waals surface area (Å²) in [7, 11) is 0. The normalized spacial score (nSPS) is 24.4. The number of ether oxygens (including phenoxy) is 1. The van der Waals surface area contributed by atoms with E-state index >= 15 is 8.78 Å². The van der Waals surface area contributed by atoms with Crippen LogP contribution in [-0.2, 0) is 27.4 Å². The number of ketones is 1. The fraction of sp³-hybridized carbons (Fsp3) is 0.438. The fourth-order valence-corrected chi connectivity index (χ4v) is 7.06. The monoisotopic (exact) mass is 644 g/mol. The van der Waals surface area contributed by atoms with Crippen LogP contribution in [0.25, 0.3) is 0 Å². The molecule has 44 heavy (non-hydrogen) atoms. The molecule has 2 aromatic carbocycles. The van der Waals surface area contributed by atoms with Crippen LogP contribution in [-0.4, -0.2) is 56.5 Å². The molecule has 232 valence electrons. The maximum absolute atomic E-state index is 16.8. The highest BCUT2D eigenvalue weighted by atomic mass is 35.5. The summed E-state index contributed by atoms with van der Waals surface area (Å²) in [4.78, 5) is 36.6. The Morgan fingerprint density at radius 2 is 1.80 bits per heavy atom. The average Bonchev–Trinajstić information content (AvgIpc) is 3.53. The number of hydrogen-bond acceptors (Lipinski definition) is 7. The summed E-state index contributed by atoms with van der Waals surface area (Å²) >= 11 is 12.2. The zero-order chi connectivity index (χ0) is 31.3. The molecule has 3 heterocycles. The molecule has 1 saturated heterocycles. The molecule has 0 spiro atoms. The Balaban J connectivity index is 1.57. The number of fused-ring (bicyclic) bond motifs is 1. The fourth-order valence-electron chi connectivity index (χ4n) is 6.83. The molecule has 0 bridgehead atoms. The van der Waals surface area contributed by atoms with Crippen molar-refractivity contribution in [2.24, 2.45) is 0 Å². The first-order valence-corrected chi connectivity index (χ1v) is 15.5. The lowest BCUT2D eigenvalue weighted by Crippen LogP contribution is -2.54. The number of aliphatic hydroxyl groups is 1. The third-order valence-corrected chi connectivity index (χ3v) is 9.61. The number of alkyl halides is 1. The quantitative estimate of drug-likeness (QED) is 0.329. The van der Waals surface area contributed by atoms with Crippen LogP contribution in [0.4, 0.5) is 8.78 Å². The molecular formula is C32H32Cl2F2N4O4. The molecule has 12 heteroatoms. The number of amides is 1. The molecule has 0 unspecified atom stereocenters. The second kappa shape index (κ2) is 11.7. The minimum absolute atomic E-state index is 0.00238. The van der Waals surface area contributed by atoms with Crippen LogP contribution in [0.2, 0.25) is 10.0 Å². The third-order valence-electron chi connectivity index (χ3n) is 9.16. The van der Waals surface area contributed by atoms with E-state index in [1.54, 1.807) is 31.2 Å². The molecule has 2 N–H and O–H groups in total. The Kier molecular flexibility index (Phi) is 8.26. The maximum atomic E-state index is 16.8. The number of carbonyl (C=O) groups excluding carboxylic acids is 2. The van der Waals surface area contributed by atoms with Gasteiger partial charge in [-0.1, -0.05) is 42.3 Å². The lowest BCUT2D eigenvalue weighted by molar-refractivity contribution is -0.149. The standard InChI is InChI=1S/C32H32Cl2F2N4O4/c1-2-31(43,30(36)9-11-37-12-10-30)20-13-25-28(26(35)14-20)32(19-3-5-21(33)6-4-19,44-24-8-7-23(41)15-24)40(29(25)42)18-27-38-16-22(34)17-39-27/h3-6,13-14,16-17,24,37,43H,2,7-12,15,18H2,1H3/t24-,31-,32+/m0/s1. The van der Waals surface area contributed by atoms with Gasteiger partial charge in [0.05, 0.1) is 28.8 Å². The van der Waals surface area contributed by atoms with Crippen molar-refractivity contribution in [1.29, 1.82) is 0 Å². The van der Waals surface area contributed by atoms with Crippen LogP contribution in [0.15, 0.2) is 48.8 Å². The average molecular weight is 646 g/mol. The van der Waals surface area contributed by atoms with Gasteiger partial charge in [-0.2, -0.15) is 0 Å². The Morgan fingerprint density at radius 3 is 2.41 bits per heavy atom. The summed E-state index contributed by atoms with van der Waals surface area (Å²) in [5.74, 6) is -1.27. The SMILES string of the molecule is CC[C@](O)(c1cc(F)c2c(c1)C(=O)N(Cc1ncc(Cl)cn1)[C@@]2(O[C@H]1CCC(=O)C1)c1ccc(Cl)cc1)C1(F)CCNCC1. The molecule has 3 atom stereocenters. The smallest absolute Gasteiger partial charge is 0.257 e. The zero-order valence-corrected chi connectivity index (χ0v) is 25.6. The minimum atomic E-state index is -2.06. The van der Waals surface area contributed by atoms with E-state index in [2.05, 4.69) is 15.3 Å². The number of halogens is 4. The summed E-state index contributed by atoms with van der Waals surface area (Å²) < 4.78 is 40.0. The van der Waals surface area contributed by atoms with Crippen LogP contribution in [0.1, 0.15) is 78.3 Å². The lowest BCUT2D eigenvalue weighted by Gasteiger charge is -2.44. The Hall–Kier alpha value is -3.02. The van der Waals surface area contributed by atoms with Crippen LogP contribution in [0.5, 0.6) is 0 Å². The summed E-state index contributed by atoms with van der Waals surface area (Å²) in [5, 5.41) is 15.7. The maximum Gasteiger partial charge on any atom is 0.257 e. The van der Waals surface area contributed by atoms with Crippen molar-refractivity contribution >= 4 is 34.9 Å². The topological polar surface area (TPSA) is 105 Å². The van der Waals surface area contributed by atoms with Crippen molar-refractivity contribution in [3.05, 3.63) is 92.7 Å². The van der Waals surface area contributed by atoms with E-state index in [-0.39, 0.29) is 60.5 Å². The molecule has 2 aliphatic heterocycles. The van der Waals surface area contributed by atoms with Crippen LogP contribution in [0.3, 0.4) is 0 Å². The number of nitrogens with zero attached hydrogens (tertiary/aromatic N) is 3. The van der Waals surface area contributed by atoms with Gasteiger partial charge in [0.1, 0.15) is 28.7 Å². The lowest BCUT2D eigenvalue weighted by atomic mass is 9.71. The first kappa shape index (κ1) is 31.0. The molecule has 1 saturated carbocycles. The number of benzene rings is 2. The van der Waals surface area contributed by atoms with Gasteiger partial charge >= 0.3 is 0 Å². The molecule has 1 aliphatic carbocycles. The summed E-state index contributed by atoms with van der Waals surface area (Å²) in [6.07, 6.45) is 2.93. The summed E-state index contributed by atoms with van der Waals surface area (Å²) in [6.45, 7) is 2.14. The minimum Gasteiger partial charge on any atom is -0.382 e. The Labute approximate surface area is 263 Å². The number of aromatic nitrogens is 2. The molecule has 8 nitrogen and oxygen atoms in total. The highest BCUT2D eigenvalue weighted by Gasteiger charge is 2.58. The van der Waals surface area contributed by atoms with Gasteiger partial charge in [0, 0.05) is 35.8 Å². The second-order valence-electron chi connectivity index (χ2n) is 11.7. The molecule has 3 aliphatic rings. The molecular weight excluding hydrogens is 613 g/mol. The van der Waals surface area contributed by atoms with E-state index in [1.165, 1.54) is 23.4 Å². The molecule has 2 fully saturated rings. The van der Waals surface area contributed by atoms with E-state index in [9.17, 15) is 14.7 Å². The van der Waals surface area contributed by atoms with Gasteiger partial charge in [-0.15, -0.1) is 0 Å². The van der Waals surface area contributed by atoms with Crippen molar-refractivity contribution in [2.45, 2.75) is 75.1 Å². The molecule has 1 aromatic heterocycles. The van der Waals surface area contributed by atoms with Crippen LogP contribution < -0.4 is 5.32 Å². The zero-order valence-electron chi connectivity index (χ0n) is 24.1. The third kappa shape index (κ3) is 5.10. The summed E-state index contributed by atoms with van der Waals surface area (Å²) in [5.41, 5.74) is -5.78. The van der Waals surface area contributed by atoms with E-state index in [0.717, 1.165) is 6.07 Å². The molecule has 0 radical (unpaired) electrons. The second-order valence-corrected chi connectivity index (χ2v) is 12.6. The molecule has 1 amide bonds. The van der Waals surface area contributed by atoms with E-state index in [4.69, 9.17) is 27.9 Å². The highest BCUT2D eigenvalue weighted by Crippen LogP contribution is 2.52. The number of hydrogen-bond donors (Lipinski definition) is 2. The van der Waals surface area contributed by atoms with Crippen LogP contribution >= 0.6 is 23.2 Å². The van der Waals surface area contributed by atoms with Crippen molar-refractivity contribution in [3.63, 3.8) is 0 Å². The number of carbonyl (C=O) groups is 2. The van der Waals surface area contributed by atoms with Gasteiger partial charge in [-0.25, -0.2) is 18.7 Å². The number of rotatable bonds is 8. The van der Waals surface area contributed by atoms with E-state index in [0.29, 0.717) is 41.5 Å². The van der Waals surface area contributed by atoms with Gasteiger partial charge in [0.2, 0.25) is 5.72 Å². The highest BCUT2D eigenvalue weighted by molar-refractivity contribution is 6.30. The van der Waals surface area contributed by atoms with Crippen molar-refractivity contribution in [3.8, 4) is 0 Å². The van der Waals surface area contributed by atoms with Crippen LogP contribution in [0, 0.1) is 5.82 Å². The van der Waals surface area contributed by atoms with Crippen molar-refractivity contribution < 1.29 is 28.2 Å². The van der Waals surface area contributed by atoms with Crippen molar-refractivity contribution in [1.82, 2.24) is 20.2 Å². The predicted octanol–water partition coefficient (Wildman–Crippen LogP) is 5.61. The largest absolute Gasteiger partial charge is 0.382 e. The van der Waals surface area contributed by atoms with Gasteiger partial charge in [0.25, 0.3) is 5.91 Å². The Bertz CT molecular complexity index is 1590. The first-order chi connectivity index (χ1) is 21.0. The van der Waals surface area contributed by atoms with Gasteiger partial charge in [-0.05, 0) is 68.6 Å². The molecule has 6 rings (SSSR count). The Morgan fingerprint density at radius 1 is 1.11 bits per heavy atom. The number of Topliss-reactive ketones (excluding diaryl/α,β-unsaturated/α-hetero) is 1. The summed E-state index contributed by atoms with van der Waals surface area (Å²) in [6, 6.07) is 8.97. The van der Waals surface area contributed by atoms with Gasteiger partial charge in [0.15, 0.2) is 0 Å². The van der Waals surface area contributed by atoms with Gasteiger partial charge < -0.3 is 15.2 Å².